The molecular formula is C18H22N4OS. The van der Waals surface area contributed by atoms with E-state index in [1.165, 1.54) is 11.3 Å². The third-order valence-corrected chi connectivity index (χ3v) is 5.32. The van der Waals surface area contributed by atoms with Crippen LogP contribution >= 0.6 is 11.3 Å². The van der Waals surface area contributed by atoms with E-state index >= 15 is 0 Å². The molecule has 126 valence electrons. The summed E-state index contributed by atoms with van der Waals surface area (Å²) in [4.78, 5) is 12.9. The standard InChI is InChI=1S/C18H22N4OS/c19-13-9-5-4-8-12(13)14-15(20)16(24-17(14)21)18(23)22-10-11-6-2-1-3-7-11/h1-3,6-7H,4-5,8-10,19-21H2,(H,22,23). The van der Waals surface area contributed by atoms with Crippen LogP contribution in [0.2, 0.25) is 0 Å². The molecule has 1 heterocycles. The Hall–Kier alpha value is -2.47. The molecule has 0 unspecified atom stereocenters. The van der Waals surface area contributed by atoms with Crippen LogP contribution in [0.15, 0.2) is 36.0 Å². The van der Waals surface area contributed by atoms with Gasteiger partial charge in [0.1, 0.15) is 4.88 Å². The first kappa shape index (κ1) is 16.4. The van der Waals surface area contributed by atoms with Gasteiger partial charge >= 0.3 is 0 Å². The van der Waals surface area contributed by atoms with Gasteiger partial charge in [-0.1, -0.05) is 30.3 Å². The maximum absolute atomic E-state index is 12.5. The Labute approximate surface area is 145 Å². The van der Waals surface area contributed by atoms with Gasteiger partial charge in [-0.2, -0.15) is 0 Å². The molecule has 1 aromatic heterocycles. The highest BCUT2D eigenvalue weighted by atomic mass is 32.1. The molecule has 1 amide bonds. The first-order chi connectivity index (χ1) is 11.6. The highest BCUT2D eigenvalue weighted by molar-refractivity contribution is 7.18. The minimum Gasteiger partial charge on any atom is -0.402 e. The van der Waals surface area contributed by atoms with Crippen molar-refractivity contribution in [2.24, 2.45) is 5.73 Å². The summed E-state index contributed by atoms with van der Waals surface area (Å²) in [6.07, 6.45) is 3.88. The van der Waals surface area contributed by atoms with E-state index in [9.17, 15) is 4.79 Å². The molecule has 1 aliphatic rings. The lowest BCUT2D eigenvalue weighted by atomic mass is 9.91. The van der Waals surface area contributed by atoms with Crippen molar-refractivity contribution in [1.29, 1.82) is 0 Å². The molecule has 0 saturated heterocycles. The van der Waals surface area contributed by atoms with Gasteiger partial charge in [-0.15, -0.1) is 11.3 Å². The predicted octanol–water partition coefficient (Wildman–Crippen LogP) is 3.09. The van der Waals surface area contributed by atoms with Crippen molar-refractivity contribution < 1.29 is 4.79 Å². The molecule has 24 heavy (non-hydrogen) atoms. The number of nitrogen functional groups attached to an aromatic ring is 2. The number of allylic oxidation sites excluding steroid dienone is 2. The van der Waals surface area contributed by atoms with Crippen LogP contribution in [-0.2, 0) is 6.54 Å². The van der Waals surface area contributed by atoms with Crippen LogP contribution in [-0.4, -0.2) is 5.91 Å². The van der Waals surface area contributed by atoms with Crippen molar-refractivity contribution in [1.82, 2.24) is 5.32 Å². The van der Waals surface area contributed by atoms with Gasteiger partial charge in [0.2, 0.25) is 0 Å². The largest absolute Gasteiger partial charge is 0.402 e. The van der Waals surface area contributed by atoms with E-state index in [4.69, 9.17) is 17.2 Å². The van der Waals surface area contributed by atoms with Gasteiger partial charge in [0.15, 0.2) is 0 Å². The minimum atomic E-state index is -0.200. The van der Waals surface area contributed by atoms with Crippen molar-refractivity contribution in [2.75, 3.05) is 11.5 Å². The van der Waals surface area contributed by atoms with E-state index in [0.29, 0.717) is 22.1 Å². The second kappa shape index (κ2) is 6.97. The van der Waals surface area contributed by atoms with Crippen molar-refractivity contribution in [2.45, 2.75) is 32.2 Å². The highest BCUT2D eigenvalue weighted by Gasteiger charge is 2.24. The number of carbonyl (C=O) groups excluding carboxylic acids is 1. The Balaban J connectivity index is 1.82. The average Bonchev–Trinajstić information content (AvgIpc) is 2.89. The molecule has 0 atom stereocenters. The summed E-state index contributed by atoms with van der Waals surface area (Å²) >= 11 is 1.23. The Bertz CT molecular complexity index is 780. The molecule has 0 radical (unpaired) electrons. The van der Waals surface area contributed by atoms with Gasteiger partial charge in [-0.3, -0.25) is 4.79 Å². The summed E-state index contributed by atoms with van der Waals surface area (Å²) in [6.45, 7) is 0.455. The SMILES string of the molecule is NC1=C(c2c(N)sc(C(=O)NCc3ccccc3)c2N)CCCC1. The Morgan fingerprint density at radius 1 is 1.08 bits per heavy atom. The second-order valence-corrected chi connectivity index (χ2v) is 7.02. The Morgan fingerprint density at radius 3 is 2.50 bits per heavy atom. The zero-order valence-electron chi connectivity index (χ0n) is 13.5. The van der Waals surface area contributed by atoms with Gasteiger partial charge < -0.3 is 22.5 Å². The third-order valence-electron chi connectivity index (χ3n) is 4.29. The lowest BCUT2D eigenvalue weighted by Crippen LogP contribution is -2.22. The maximum Gasteiger partial charge on any atom is 0.263 e. The van der Waals surface area contributed by atoms with E-state index in [-0.39, 0.29) is 5.91 Å². The molecule has 5 nitrogen and oxygen atoms in total. The summed E-state index contributed by atoms with van der Waals surface area (Å²) in [5.41, 5.74) is 22.6. The van der Waals surface area contributed by atoms with Crippen LogP contribution in [0.4, 0.5) is 10.7 Å². The molecule has 6 heteroatoms. The van der Waals surface area contributed by atoms with Gasteiger partial charge in [0, 0.05) is 17.8 Å². The number of rotatable bonds is 4. The highest BCUT2D eigenvalue weighted by Crippen LogP contribution is 2.42. The van der Waals surface area contributed by atoms with Crippen molar-refractivity contribution in [3.8, 4) is 0 Å². The smallest absolute Gasteiger partial charge is 0.263 e. The number of benzene rings is 1. The number of nitrogens with one attached hydrogen (secondary N) is 1. The van der Waals surface area contributed by atoms with Gasteiger partial charge in [-0.05, 0) is 36.8 Å². The summed E-state index contributed by atoms with van der Waals surface area (Å²) in [6, 6.07) is 9.75. The number of amides is 1. The van der Waals surface area contributed by atoms with Crippen LogP contribution in [0.25, 0.3) is 5.57 Å². The third kappa shape index (κ3) is 3.23. The van der Waals surface area contributed by atoms with E-state index in [2.05, 4.69) is 5.32 Å². The number of anilines is 2. The zero-order valence-corrected chi connectivity index (χ0v) is 14.3. The average molecular weight is 342 g/mol. The van der Waals surface area contributed by atoms with Crippen LogP contribution in [0, 0.1) is 0 Å². The molecule has 0 saturated carbocycles. The quantitative estimate of drug-likeness (QED) is 0.685. The molecule has 2 aromatic rings. The molecule has 0 spiro atoms. The number of thiophene rings is 1. The molecule has 1 aromatic carbocycles. The fourth-order valence-electron chi connectivity index (χ4n) is 3.01. The summed E-state index contributed by atoms with van der Waals surface area (Å²) in [7, 11) is 0. The lowest BCUT2D eigenvalue weighted by Gasteiger charge is -2.18. The van der Waals surface area contributed by atoms with Gasteiger partial charge in [-0.25, -0.2) is 0 Å². The topological polar surface area (TPSA) is 107 Å². The van der Waals surface area contributed by atoms with Crippen molar-refractivity contribution in [3.05, 3.63) is 52.0 Å². The van der Waals surface area contributed by atoms with E-state index < -0.39 is 0 Å². The van der Waals surface area contributed by atoms with Gasteiger partial charge in [0.25, 0.3) is 5.91 Å². The predicted molar refractivity (Wildman–Crippen MR) is 100 cm³/mol. The molecule has 7 N–H and O–H groups in total. The summed E-state index contributed by atoms with van der Waals surface area (Å²) in [5, 5.41) is 3.47. The Kier molecular flexibility index (Phi) is 4.76. The first-order valence-corrected chi connectivity index (χ1v) is 8.87. The maximum atomic E-state index is 12.5. The number of nitrogens with two attached hydrogens (primary N) is 3. The zero-order chi connectivity index (χ0) is 17.1. The monoisotopic (exact) mass is 342 g/mol. The normalized spacial score (nSPS) is 14.7. The fourth-order valence-corrected chi connectivity index (χ4v) is 3.95. The van der Waals surface area contributed by atoms with Crippen molar-refractivity contribution >= 4 is 33.5 Å². The Morgan fingerprint density at radius 2 is 1.79 bits per heavy atom. The molecule has 1 aliphatic carbocycles. The summed E-state index contributed by atoms with van der Waals surface area (Å²) < 4.78 is 0. The van der Waals surface area contributed by atoms with Crippen molar-refractivity contribution in [3.63, 3.8) is 0 Å². The molecule has 0 aliphatic heterocycles. The van der Waals surface area contributed by atoms with Crippen LogP contribution in [0.3, 0.4) is 0 Å². The molecule has 3 rings (SSSR count). The van der Waals surface area contributed by atoms with E-state index in [0.717, 1.165) is 48.1 Å². The number of carbonyl (C=O) groups is 1. The molecule has 0 bridgehead atoms. The summed E-state index contributed by atoms with van der Waals surface area (Å²) in [5.74, 6) is -0.200. The molecule has 0 fully saturated rings. The van der Waals surface area contributed by atoms with Crippen LogP contribution in [0.1, 0.15) is 46.5 Å². The van der Waals surface area contributed by atoms with Gasteiger partial charge in [0.05, 0.1) is 10.7 Å². The van der Waals surface area contributed by atoms with Crippen LogP contribution in [0.5, 0.6) is 0 Å². The molecular weight excluding hydrogens is 320 g/mol. The van der Waals surface area contributed by atoms with E-state index in [1.54, 1.807) is 0 Å². The van der Waals surface area contributed by atoms with E-state index in [1.807, 2.05) is 30.3 Å². The minimum absolute atomic E-state index is 0.200. The number of hydrogen-bond donors (Lipinski definition) is 4. The fraction of sp³-hybridized carbons (Fsp3) is 0.278. The number of hydrogen-bond acceptors (Lipinski definition) is 5. The first-order valence-electron chi connectivity index (χ1n) is 8.05. The lowest BCUT2D eigenvalue weighted by molar-refractivity contribution is 0.0956. The second-order valence-electron chi connectivity index (χ2n) is 5.96. The van der Waals surface area contributed by atoms with Crippen LogP contribution < -0.4 is 22.5 Å².